The predicted octanol–water partition coefficient (Wildman–Crippen LogP) is 3.36. The Morgan fingerprint density at radius 1 is 0.854 bits per heavy atom. The summed E-state index contributed by atoms with van der Waals surface area (Å²) in [5.41, 5.74) is 1.99. The maximum atomic E-state index is 13.2. The topological polar surface area (TPSA) is 133 Å². The van der Waals surface area contributed by atoms with Crippen molar-refractivity contribution in [1.29, 1.82) is 0 Å². The largest absolute Gasteiger partial charge is 0.356 e. The van der Waals surface area contributed by atoms with E-state index < -0.39 is 33.9 Å². The fourth-order valence-corrected chi connectivity index (χ4v) is 5.58. The second-order valence-corrected chi connectivity index (χ2v) is 11.9. The van der Waals surface area contributed by atoms with Crippen molar-refractivity contribution in [3.05, 3.63) is 77.9 Å². The highest BCUT2D eigenvalue weighted by Gasteiger charge is 2.28. The summed E-state index contributed by atoms with van der Waals surface area (Å²) < 4.78 is 28.5. The van der Waals surface area contributed by atoms with E-state index in [1.165, 1.54) is 19.1 Å². The third kappa shape index (κ3) is 9.68. The first kappa shape index (κ1) is 31.8. The molecule has 0 aliphatic heterocycles. The van der Waals surface area contributed by atoms with Crippen LogP contribution in [0.1, 0.15) is 50.7 Å². The monoisotopic (exact) mass is 580 g/mol. The van der Waals surface area contributed by atoms with Crippen LogP contribution in [0.25, 0.3) is 10.8 Å². The highest BCUT2D eigenvalue weighted by atomic mass is 32.2. The Bertz CT molecular complexity index is 1440. The van der Waals surface area contributed by atoms with E-state index in [0.29, 0.717) is 19.5 Å². The van der Waals surface area contributed by atoms with Crippen LogP contribution in [0.3, 0.4) is 0 Å². The van der Waals surface area contributed by atoms with Crippen LogP contribution in [-0.2, 0) is 30.8 Å². The zero-order chi connectivity index (χ0) is 29.8. The highest BCUT2D eigenvalue weighted by Crippen LogP contribution is 2.18. The normalized spacial score (nSPS) is 12.9. The lowest BCUT2D eigenvalue weighted by atomic mass is 10.0. The van der Waals surface area contributed by atoms with Gasteiger partial charge >= 0.3 is 0 Å². The molecule has 4 N–H and O–H groups in total. The average molecular weight is 581 g/mol. The van der Waals surface area contributed by atoms with E-state index >= 15 is 0 Å². The first-order valence-electron chi connectivity index (χ1n) is 14.0. The molecular formula is C31H40N4O5S. The molecule has 0 radical (unpaired) electrons. The Labute approximate surface area is 242 Å². The lowest BCUT2D eigenvalue weighted by Gasteiger charge is -2.21. The molecule has 3 aromatic rings. The summed E-state index contributed by atoms with van der Waals surface area (Å²) in [6.07, 6.45) is 2.24. The van der Waals surface area contributed by atoms with Crippen molar-refractivity contribution in [3.8, 4) is 0 Å². The average Bonchev–Trinajstić information content (AvgIpc) is 2.95. The van der Waals surface area contributed by atoms with Crippen molar-refractivity contribution in [2.45, 2.75) is 69.9 Å². The van der Waals surface area contributed by atoms with Gasteiger partial charge in [0.25, 0.3) is 0 Å². The number of rotatable bonds is 15. The fraction of sp³-hybridized carbons (Fsp3) is 0.387. The van der Waals surface area contributed by atoms with E-state index in [1.54, 1.807) is 12.1 Å². The number of fused-ring (bicyclic) bond motifs is 1. The summed E-state index contributed by atoms with van der Waals surface area (Å²) >= 11 is 0. The van der Waals surface area contributed by atoms with E-state index in [-0.39, 0.29) is 23.6 Å². The predicted molar refractivity (Wildman–Crippen MR) is 161 cm³/mol. The van der Waals surface area contributed by atoms with Crippen molar-refractivity contribution in [2.75, 3.05) is 13.1 Å². The van der Waals surface area contributed by atoms with Gasteiger partial charge in [-0.25, -0.2) is 8.42 Å². The van der Waals surface area contributed by atoms with Gasteiger partial charge < -0.3 is 16.0 Å². The number of nitrogens with one attached hydrogen (secondary N) is 4. The number of aryl methyl sites for hydroxylation is 1. The van der Waals surface area contributed by atoms with Gasteiger partial charge in [0.1, 0.15) is 12.1 Å². The zero-order valence-corrected chi connectivity index (χ0v) is 24.7. The van der Waals surface area contributed by atoms with Crippen molar-refractivity contribution in [2.24, 2.45) is 0 Å². The number of carbonyl (C=O) groups excluding carboxylic acids is 3. The van der Waals surface area contributed by atoms with Gasteiger partial charge in [-0.1, -0.05) is 73.5 Å². The van der Waals surface area contributed by atoms with Crippen molar-refractivity contribution < 1.29 is 22.8 Å². The number of benzene rings is 3. The molecule has 41 heavy (non-hydrogen) atoms. The first-order chi connectivity index (χ1) is 19.6. The van der Waals surface area contributed by atoms with Crippen LogP contribution in [0.2, 0.25) is 0 Å². The summed E-state index contributed by atoms with van der Waals surface area (Å²) in [6.45, 7) is 6.26. The van der Waals surface area contributed by atoms with Crippen LogP contribution in [0, 0.1) is 6.92 Å². The summed E-state index contributed by atoms with van der Waals surface area (Å²) in [7, 11) is -4.05. The second-order valence-electron chi connectivity index (χ2n) is 10.1. The summed E-state index contributed by atoms with van der Waals surface area (Å²) in [6, 6.07) is 18.1. The molecule has 3 amide bonds. The minimum atomic E-state index is -4.05. The smallest absolute Gasteiger partial charge is 0.242 e. The molecule has 0 saturated heterocycles. The van der Waals surface area contributed by atoms with Crippen molar-refractivity contribution in [1.82, 2.24) is 20.7 Å². The van der Waals surface area contributed by atoms with Crippen LogP contribution in [0.4, 0.5) is 0 Å². The van der Waals surface area contributed by atoms with Crippen molar-refractivity contribution >= 4 is 38.5 Å². The van der Waals surface area contributed by atoms with E-state index in [4.69, 9.17) is 0 Å². The Kier molecular flexibility index (Phi) is 11.9. The summed E-state index contributed by atoms with van der Waals surface area (Å²) in [5, 5.41) is 10.5. The molecular weight excluding hydrogens is 540 g/mol. The van der Waals surface area contributed by atoms with Gasteiger partial charge in [-0.3, -0.25) is 14.4 Å². The molecule has 2 atom stereocenters. The van der Waals surface area contributed by atoms with Crippen LogP contribution < -0.4 is 20.7 Å². The molecule has 0 aliphatic rings. The zero-order valence-electron chi connectivity index (χ0n) is 23.9. The number of amides is 3. The van der Waals surface area contributed by atoms with Gasteiger partial charge in [-0.05, 0) is 61.6 Å². The Balaban J connectivity index is 1.61. The number of sulfonamides is 1. The van der Waals surface area contributed by atoms with Crippen LogP contribution in [-0.4, -0.2) is 51.3 Å². The molecule has 0 bridgehead atoms. The van der Waals surface area contributed by atoms with Crippen LogP contribution in [0.15, 0.2) is 71.6 Å². The Hall–Kier alpha value is -3.76. The van der Waals surface area contributed by atoms with Gasteiger partial charge in [-0.2, -0.15) is 4.72 Å². The number of carbonyl (C=O) groups is 3. The number of hydrogen-bond acceptors (Lipinski definition) is 5. The number of unbranched alkanes of at least 4 members (excludes halogenated alkanes) is 1. The van der Waals surface area contributed by atoms with E-state index in [1.807, 2.05) is 56.3 Å². The fourth-order valence-electron chi connectivity index (χ4n) is 4.35. The molecule has 10 heteroatoms. The number of hydrogen-bond donors (Lipinski definition) is 4. The quantitative estimate of drug-likeness (QED) is 0.205. The Morgan fingerprint density at radius 2 is 1.56 bits per heavy atom. The second kappa shape index (κ2) is 15.3. The van der Waals surface area contributed by atoms with Gasteiger partial charge in [0.2, 0.25) is 27.7 Å². The molecule has 0 spiro atoms. The summed E-state index contributed by atoms with van der Waals surface area (Å²) in [4.78, 5) is 38.3. The molecule has 3 rings (SSSR count). The van der Waals surface area contributed by atoms with Crippen LogP contribution in [0.5, 0.6) is 0 Å². The minimum absolute atomic E-state index is 0.00697. The molecule has 0 unspecified atom stereocenters. The Morgan fingerprint density at radius 3 is 2.29 bits per heavy atom. The third-order valence-corrected chi connectivity index (χ3v) is 8.27. The highest BCUT2D eigenvalue weighted by molar-refractivity contribution is 7.89. The van der Waals surface area contributed by atoms with Gasteiger partial charge in [-0.15, -0.1) is 0 Å². The standard InChI is InChI=1S/C31H40N4O5S/c1-4-5-20-32-29(36)18-17-28(35-41(39,40)26-15-13-22(2)14-16-26)31(38)34-23(3)30(37)33-21-19-25-11-8-10-24-9-6-7-12-27(24)25/h6-16,23,28,35H,4-5,17-21H2,1-3H3,(H,32,36)(H,33,37)(H,34,38)/t23-,28-/m0/s1. The molecule has 9 nitrogen and oxygen atoms in total. The van der Waals surface area contributed by atoms with Gasteiger partial charge in [0.05, 0.1) is 4.90 Å². The third-order valence-electron chi connectivity index (χ3n) is 6.78. The molecule has 0 heterocycles. The molecule has 0 aromatic heterocycles. The lowest BCUT2D eigenvalue weighted by molar-refractivity contribution is -0.129. The molecule has 0 aliphatic carbocycles. The molecule has 220 valence electrons. The van der Waals surface area contributed by atoms with Crippen molar-refractivity contribution in [3.63, 3.8) is 0 Å². The maximum Gasteiger partial charge on any atom is 0.242 e. The lowest BCUT2D eigenvalue weighted by Crippen LogP contribution is -2.53. The molecule has 3 aromatic carbocycles. The van der Waals surface area contributed by atoms with Gasteiger partial charge in [0, 0.05) is 19.5 Å². The first-order valence-corrected chi connectivity index (χ1v) is 15.5. The van der Waals surface area contributed by atoms with E-state index in [2.05, 4.69) is 20.7 Å². The maximum absolute atomic E-state index is 13.2. The minimum Gasteiger partial charge on any atom is -0.356 e. The van der Waals surface area contributed by atoms with E-state index in [9.17, 15) is 22.8 Å². The molecule has 0 fully saturated rings. The van der Waals surface area contributed by atoms with E-state index in [0.717, 1.165) is 34.7 Å². The SMILES string of the molecule is CCCCNC(=O)CC[C@H](NS(=O)(=O)c1ccc(C)cc1)C(=O)N[C@@H](C)C(=O)NCCc1cccc2ccccc12. The van der Waals surface area contributed by atoms with Crippen LogP contribution >= 0.6 is 0 Å². The summed E-state index contributed by atoms with van der Waals surface area (Å²) in [5.74, 6) is -1.35. The van der Waals surface area contributed by atoms with Gasteiger partial charge in [0.15, 0.2) is 0 Å². The molecule has 0 saturated carbocycles.